The monoisotopic (exact) mass is 190 g/mol. The Labute approximate surface area is 79.1 Å². The topological polar surface area (TPSA) is 36.9 Å². The number of rotatable bonds is 5. The summed E-state index contributed by atoms with van der Waals surface area (Å²) in [4.78, 5) is 0. The second-order valence-corrected chi connectivity index (χ2v) is 3.13. The van der Waals surface area contributed by atoms with Gasteiger partial charge in [0.15, 0.2) is 0 Å². The van der Waals surface area contributed by atoms with Gasteiger partial charge < -0.3 is 18.9 Å². The van der Waals surface area contributed by atoms with E-state index in [9.17, 15) is 0 Å². The van der Waals surface area contributed by atoms with Crippen LogP contribution in [0.3, 0.4) is 0 Å². The van der Waals surface area contributed by atoms with Crippen LogP contribution in [0.1, 0.15) is 19.3 Å². The Bertz CT molecular complexity index is 130. The van der Waals surface area contributed by atoms with Crippen LogP contribution in [-0.2, 0) is 18.9 Å². The van der Waals surface area contributed by atoms with Gasteiger partial charge in [0.05, 0.1) is 12.5 Å². The zero-order valence-electron chi connectivity index (χ0n) is 8.54. The van der Waals surface area contributed by atoms with Crippen molar-refractivity contribution >= 4 is 0 Å². The predicted octanol–water partition coefficient (Wildman–Crippen LogP) is 1.15. The Morgan fingerprint density at radius 1 is 1.23 bits per heavy atom. The highest BCUT2D eigenvalue weighted by Crippen LogP contribution is 2.26. The maximum atomic E-state index is 5.47. The normalized spacial score (nSPS) is 23.8. The Morgan fingerprint density at radius 2 is 1.85 bits per heavy atom. The molecule has 0 amide bonds. The van der Waals surface area contributed by atoms with Crippen molar-refractivity contribution in [1.82, 2.24) is 0 Å². The Hall–Kier alpha value is -0.160. The Morgan fingerprint density at radius 3 is 2.23 bits per heavy atom. The van der Waals surface area contributed by atoms with E-state index in [1.54, 1.807) is 21.3 Å². The molecule has 4 nitrogen and oxygen atoms in total. The summed E-state index contributed by atoms with van der Waals surface area (Å²) in [6, 6.07) is 0. The molecule has 1 aliphatic rings. The lowest BCUT2D eigenvalue weighted by Crippen LogP contribution is -2.39. The quantitative estimate of drug-likeness (QED) is 0.609. The molecule has 0 radical (unpaired) electrons. The van der Waals surface area contributed by atoms with E-state index in [2.05, 4.69) is 0 Å². The van der Waals surface area contributed by atoms with Gasteiger partial charge in [-0.15, -0.1) is 0 Å². The second kappa shape index (κ2) is 4.91. The summed E-state index contributed by atoms with van der Waals surface area (Å²) in [7, 11) is 4.71. The Kier molecular flexibility index (Phi) is 4.12. The lowest BCUT2D eigenvalue weighted by Gasteiger charge is -2.30. The summed E-state index contributed by atoms with van der Waals surface area (Å²) < 4.78 is 21.0. The van der Waals surface area contributed by atoms with Gasteiger partial charge in [-0.3, -0.25) is 0 Å². The highest BCUT2D eigenvalue weighted by molar-refractivity contribution is 4.70. The van der Waals surface area contributed by atoms with Gasteiger partial charge in [-0.05, 0) is 12.8 Å². The van der Waals surface area contributed by atoms with Gasteiger partial charge in [-0.1, -0.05) is 0 Å². The summed E-state index contributed by atoms with van der Waals surface area (Å²) >= 11 is 0. The molecule has 1 saturated heterocycles. The fourth-order valence-electron chi connectivity index (χ4n) is 1.58. The molecular weight excluding hydrogens is 172 g/mol. The molecule has 0 spiro atoms. The molecule has 4 heteroatoms. The summed E-state index contributed by atoms with van der Waals surface area (Å²) in [5.41, 5.74) is 0. The number of hydrogen-bond donors (Lipinski definition) is 0. The van der Waals surface area contributed by atoms with Crippen molar-refractivity contribution in [3.05, 3.63) is 0 Å². The average Bonchev–Trinajstić information content (AvgIpc) is 2.67. The van der Waals surface area contributed by atoms with Crippen LogP contribution in [0.4, 0.5) is 0 Å². The molecule has 0 aromatic rings. The van der Waals surface area contributed by atoms with Crippen molar-refractivity contribution in [3.8, 4) is 0 Å². The number of hydrogen-bond acceptors (Lipinski definition) is 4. The van der Waals surface area contributed by atoms with Gasteiger partial charge in [0, 0.05) is 27.9 Å². The molecule has 1 aliphatic heterocycles. The van der Waals surface area contributed by atoms with Gasteiger partial charge in [0.2, 0.25) is 0 Å². The first-order valence-corrected chi connectivity index (χ1v) is 4.53. The number of ether oxygens (including phenoxy) is 4. The summed E-state index contributed by atoms with van der Waals surface area (Å²) in [5.74, 6) is -0.936. The van der Waals surface area contributed by atoms with Crippen LogP contribution in [0.15, 0.2) is 0 Å². The van der Waals surface area contributed by atoms with Crippen molar-refractivity contribution in [2.45, 2.75) is 31.3 Å². The third-order valence-electron chi connectivity index (χ3n) is 2.43. The van der Waals surface area contributed by atoms with E-state index in [0.29, 0.717) is 6.42 Å². The first-order chi connectivity index (χ1) is 6.26. The highest BCUT2D eigenvalue weighted by atomic mass is 16.9. The molecule has 1 heterocycles. The lowest BCUT2D eigenvalue weighted by atomic mass is 10.1. The zero-order valence-corrected chi connectivity index (χ0v) is 8.54. The highest BCUT2D eigenvalue weighted by Gasteiger charge is 2.34. The molecule has 0 bridgehead atoms. The fourth-order valence-corrected chi connectivity index (χ4v) is 1.58. The molecular formula is C9H18O4. The molecule has 1 unspecified atom stereocenters. The second-order valence-electron chi connectivity index (χ2n) is 3.13. The minimum Gasteiger partial charge on any atom is -0.378 e. The van der Waals surface area contributed by atoms with E-state index < -0.39 is 5.97 Å². The van der Waals surface area contributed by atoms with Gasteiger partial charge in [0.25, 0.3) is 5.97 Å². The van der Waals surface area contributed by atoms with Crippen LogP contribution >= 0.6 is 0 Å². The smallest absolute Gasteiger partial charge is 0.284 e. The number of methoxy groups -OCH3 is 3. The maximum absolute atomic E-state index is 5.47. The molecule has 1 rings (SSSR count). The van der Waals surface area contributed by atoms with Gasteiger partial charge in [-0.2, -0.15) is 0 Å². The molecule has 13 heavy (non-hydrogen) atoms. The van der Waals surface area contributed by atoms with Crippen molar-refractivity contribution in [1.29, 1.82) is 0 Å². The fraction of sp³-hybridized carbons (Fsp3) is 1.00. The van der Waals surface area contributed by atoms with E-state index in [1.807, 2.05) is 0 Å². The van der Waals surface area contributed by atoms with Crippen LogP contribution in [0.5, 0.6) is 0 Å². The van der Waals surface area contributed by atoms with Crippen molar-refractivity contribution in [2.24, 2.45) is 0 Å². The van der Waals surface area contributed by atoms with Crippen molar-refractivity contribution in [3.63, 3.8) is 0 Å². The minimum atomic E-state index is -0.936. The minimum absolute atomic E-state index is 0.194. The van der Waals surface area contributed by atoms with E-state index in [-0.39, 0.29) is 6.10 Å². The van der Waals surface area contributed by atoms with Gasteiger partial charge >= 0.3 is 0 Å². The van der Waals surface area contributed by atoms with Crippen molar-refractivity contribution in [2.75, 3.05) is 27.9 Å². The summed E-state index contributed by atoms with van der Waals surface area (Å²) in [5, 5.41) is 0. The molecule has 0 N–H and O–H groups in total. The zero-order chi connectivity index (χ0) is 9.73. The lowest BCUT2D eigenvalue weighted by molar-refractivity contribution is -0.361. The Balaban J connectivity index is 2.44. The van der Waals surface area contributed by atoms with E-state index in [1.165, 1.54) is 0 Å². The molecule has 0 saturated carbocycles. The van der Waals surface area contributed by atoms with Crippen molar-refractivity contribution < 1.29 is 18.9 Å². The van der Waals surface area contributed by atoms with Gasteiger partial charge in [-0.25, -0.2) is 0 Å². The van der Waals surface area contributed by atoms with Crippen LogP contribution < -0.4 is 0 Å². The van der Waals surface area contributed by atoms with E-state index in [4.69, 9.17) is 18.9 Å². The van der Waals surface area contributed by atoms with Crippen LogP contribution in [0, 0.1) is 0 Å². The molecule has 0 aromatic carbocycles. The largest absolute Gasteiger partial charge is 0.378 e. The molecule has 1 atom stereocenters. The molecule has 0 aliphatic carbocycles. The summed E-state index contributed by atoms with van der Waals surface area (Å²) in [6.45, 7) is 0.831. The molecule has 1 fully saturated rings. The molecule has 0 aromatic heterocycles. The summed E-state index contributed by atoms with van der Waals surface area (Å²) in [6.07, 6.45) is 2.98. The third-order valence-corrected chi connectivity index (χ3v) is 2.43. The maximum Gasteiger partial charge on any atom is 0.284 e. The van der Waals surface area contributed by atoms with Crippen LogP contribution in [-0.4, -0.2) is 40.0 Å². The van der Waals surface area contributed by atoms with E-state index >= 15 is 0 Å². The first-order valence-electron chi connectivity index (χ1n) is 4.53. The van der Waals surface area contributed by atoms with Crippen LogP contribution in [0.2, 0.25) is 0 Å². The van der Waals surface area contributed by atoms with Crippen LogP contribution in [0.25, 0.3) is 0 Å². The SMILES string of the molecule is COC(CC1CCCO1)(OC)OC. The first kappa shape index (κ1) is 10.9. The average molecular weight is 190 g/mol. The third kappa shape index (κ3) is 2.64. The van der Waals surface area contributed by atoms with Gasteiger partial charge in [0.1, 0.15) is 0 Å². The van der Waals surface area contributed by atoms with E-state index in [0.717, 1.165) is 19.4 Å². The molecule has 78 valence electrons. The standard InChI is InChI=1S/C9H18O4/c1-10-9(11-2,12-3)7-8-5-4-6-13-8/h8H,4-7H2,1-3H3. The predicted molar refractivity (Wildman–Crippen MR) is 47.3 cm³/mol.